The molecule has 0 unspecified atom stereocenters. The highest BCUT2D eigenvalue weighted by molar-refractivity contribution is 7.99. The number of H-pyrrole nitrogens is 1. The molecule has 1 aliphatic rings. The van der Waals surface area contributed by atoms with Gasteiger partial charge in [0, 0.05) is 30.8 Å². The van der Waals surface area contributed by atoms with E-state index in [9.17, 15) is 4.79 Å². The fraction of sp³-hybridized carbons (Fsp3) is 0.636. The third-order valence-corrected chi connectivity index (χ3v) is 3.98. The number of nitrogen functional groups attached to an aromatic ring is 1. The lowest BCUT2D eigenvalue weighted by Gasteiger charge is -2.22. The van der Waals surface area contributed by atoms with E-state index in [1.807, 2.05) is 11.8 Å². The van der Waals surface area contributed by atoms with Crippen LogP contribution < -0.4 is 16.6 Å². The number of anilines is 1. The molecule has 0 bridgehead atoms. The second-order valence-corrected chi connectivity index (χ2v) is 5.38. The van der Waals surface area contributed by atoms with Crippen LogP contribution >= 0.6 is 11.8 Å². The third kappa shape index (κ3) is 4.05. The van der Waals surface area contributed by atoms with Crippen LogP contribution in [0.25, 0.3) is 0 Å². The molecule has 1 atom stereocenters. The summed E-state index contributed by atoms with van der Waals surface area (Å²) in [6, 6.07) is 1.90. The topological polar surface area (TPSA) is 83.8 Å². The molecular formula is C11H18N4OS. The number of aromatic nitrogens is 2. The quantitative estimate of drug-likeness (QED) is 0.723. The monoisotopic (exact) mass is 254 g/mol. The summed E-state index contributed by atoms with van der Waals surface area (Å²) in [5, 5.41) is 3.49. The van der Waals surface area contributed by atoms with Crippen molar-refractivity contribution in [1.82, 2.24) is 15.3 Å². The van der Waals surface area contributed by atoms with Gasteiger partial charge in [-0.25, -0.2) is 4.98 Å². The van der Waals surface area contributed by atoms with Crippen molar-refractivity contribution in [2.24, 2.45) is 0 Å². The minimum atomic E-state index is -0.180. The summed E-state index contributed by atoms with van der Waals surface area (Å²) < 4.78 is 0. The number of nitrogens with two attached hydrogens (primary N) is 1. The van der Waals surface area contributed by atoms with Gasteiger partial charge in [0.2, 0.25) is 0 Å². The van der Waals surface area contributed by atoms with Gasteiger partial charge in [-0.05, 0) is 18.6 Å². The van der Waals surface area contributed by atoms with Crippen LogP contribution in [0.3, 0.4) is 0 Å². The number of hydrogen-bond donors (Lipinski definition) is 3. The number of thioether (sulfide) groups is 1. The van der Waals surface area contributed by atoms with Crippen molar-refractivity contribution in [2.75, 3.05) is 23.8 Å². The lowest BCUT2D eigenvalue weighted by Crippen LogP contribution is -2.35. The molecule has 1 aromatic rings. The van der Waals surface area contributed by atoms with E-state index < -0.39 is 0 Å². The van der Waals surface area contributed by atoms with Crippen LogP contribution in [0.1, 0.15) is 18.7 Å². The average molecular weight is 254 g/mol. The highest BCUT2D eigenvalue weighted by Gasteiger charge is 2.12. The molecule has 2 rings (SSSR count). The Morgan fingerprint density at radius 2 is 2.53 bits per heavy atom. The van der Waals surface area contributed by atoms with Crippen molar-refractivity contribution >= 4 is 17.6 Å². The molecular weight excluding hydrogens is 236 g/mol. The van der Waals surface area contributed by atoms with Gasteiger partial charge in [-0.1, -0.05) is 0 Å². The number of rotatable bonds is 4. The predicted molar refractivity (Wildman–Crippen MR) is 71.3 cm³/mol. The van der Waals surface area contributed by atoms with Gasteiger partial charge >= 0.3 is 0 Å². The summed E-state index contributed by atoms with van der Waals surface area (Å²) in [5.41, 5.74) is 5.34. The molecule has 94 valence electrons. The normalized spacial score (nSPS) is 20.4. The molecule has 2 heterocycles. The Hall–Kier alpha value is -1.01. The molecule has 1 saturated heterocycles. The van der Waals surface area contributed by atoms with Crippen molar-refractivity contribution in [3.8, 4) is 0 Å². The molecule has 1 aromatic heterocycles. The minimum Gasteiger partial charge on any atom is -0.383 e. The maximum atomic E-state index is 11.2. The molecule has 0 aromatic carbocycles. The van der Waals surface area contributed by atoms with Crippen LogP contribution in [0.4, 0.5) is 5.82 Å². The van der Waals surface area contributed by atoms with E-state index in [1.54, 1.807) is 0 Å². The van der Waals surface area contributed by atoms with Crippen LogP contribution in [0.15, 0.2) is 10.9 Å². The van der Waals surface area contributed by atoms with Gasteiger partial charge in [0.15, 0.2) is 0 Å². The molecule has 0 spiro atoms. The molecule has 4 N–H and O–H groups in total. The van der Waals surface area contributed by atoms with E-state index in [4.69, 9.17) is 5.73 Å². The number of aromatic amines is 1. The second-order valence-electron chi connectivity index (χ2n) is 4.24. The Morgan fingerprint density at radius 1 is 1.65 bits per heavy atom. The van der Waals surface area contributed by atoms with Crippen LogP contribution in [0.2, 0.25) is 0 Å². The fourth-order valence-corrected chi connectivity index (χ4v) is 3.05. The van der Waals surface area contributed by atoms with E-state index in [0.29, 0.717) is 18.3 Å². The molecule has 0 aliphatic carbocycles. The van der Waals surface area contributed by atoms with E-state index >= 15 is 0 Å². The first-order chi connectivity index (χ1) is 8.24. The lowest BCUT2D eigenvalue weighted by atomic mass is 10.2. The summed E-state index contributed by atoms with van der Waals surface area (Å²) >= 11 is 2.00. The number of nitrogens with one attached hydrogen (secondary N) is 2. The van der Waals surface area contributed by atoms with Gasteiger partial charge in [0.25, 0.3) is 5.56 Å². The zero-order chi connectivity index (χ0) is 12.1. The fourth-order valence-electron chi connectivity index (χ4n) is 1.94. The molecule has 17 heavy (non-hydrogen) atoms. The third-order valence-electron chi connectivity index (χ3n) is 2.77. The van der Waals surface area contributed by atoms with Crippen molar-refractivity contribution in [3.05, 3.63) is 22.2 Å². The van der Waals surface area contributed by atoms with Gasteiger partial charge in [-0.2, -0.15) is 11.8 Å². The Bertz CT molecular complexity index is 414. The van der Waals surface area contributed by atoms with Crippen LogP contribution in [0, 0.1) is 0 Å². The first-order valence-corrected chi connectivity index (χ1v) is 7.06. The van der Waals surface area contributed by atoms with Gasteiger partial charge < -0.3 is 16.0 Å². The second kappa shape index (κ2) is 6.07. The SMILES string of the molecule is Nc1cc(=O)[nH]c(CCN[C@H]2CCCSC2)n1. The highest BCUT2D eigenvalue weighted by atomic mass is 32.2. The average Bonchev–Trinajstić information content (AvgIpc) is 2.29. The molecule has 0 amide bonds. The van der Waals surface area contributed by atoms with Crippen molar-refractivity contribution in [3.63, 3.8) is 0 Å². The summed E-state index contributed by atoms with van der Waals surface area (Å²) in [5.74, 6) is 3.41. The molecule has 1 fully saturated rings. The lowest BCUT2D eigenvalue weighted by molar-refractivity contribution is 0.507. The molecule has 5 nitrogen and oxygen atoms in total. The largest absolute Gasteiger partial charge is 0.383 e. The maximum absolute atomic E-state index is 11.2. The summed E-state index contributed by atoms with van der Waals surface area (Å²) in [6.45, 7) is 0.831. The van der Waals surface area contributed by atoms with Gasteiger partial charge in [0.05, 0.1) is 0 Å². The maximum Gasteiger partial charge on any atom is 0.252 e. The van der Waals surface area contributed by atoms with Crippen LogP contribution in [0.5, 0.6) is 0 Å². The zero-order valence-electron chi connectivity index (χ0n) is 9.74. The van der Waals surface area contributed by atoms with Crippen molar-refractivity contribution in [1.29, 1.82) is 0 Å². The summed E-state index contributed by atoms with van der Waals surface area (Å²) in [6.07, 6.45) is 3.24. The molecule has 6 heteroatoms. The summed E-state index contributed by atoms with van der Waals surface area (Å²) in [4.78, 5) is 18.0. The van der Waals surface area contributed by atoms with Crippen LogP contribution in [-0.2, 0) is 6.42 Å². The molecule has 1 aliphatic heterocycles. The Morgan fingerprint density at radius 3 is 3.24 bits per heavy atom. The molecule has 0 radical (unpaired) electrons. The van der Waals surface area contributed by atoms with Crippen LogP contribution in [-0.4, -0.2) is 34.1 Å². The van der Waals surface area contributed by atoms with E-state index in [-0.39, 0.29) is 11.4 Å². The standard InChI is InChI=1S/C11H18N4OS/c12-9-6-11(16)15-10(14-9)3-4-13-8-2-1-5-17-7-8/h6,8,13H,1-5,7H2,(H3,12,14,15,16)/t8-/m0/s1. The van der Waals surface area contributed by atoms with Crippen molar-refractivity contribution in [2.45, 2.75) is 25.3 Å². The Balaban J connectivity index is 1.79. The molecule has 0 saturated carbocycles. The van der Waals surface area contributed by atoms with Crippen molar-refractivity contribution < 1.29 is 0 Å². The Kier molecular flexibility index (Phi) is 4.44. The number of nitrogens with zero attached hydrogens (tertiary/aromatic N) is 1. The smallest absolute Gasteiger partial charge is 0.252 e. The highest BCUT2D eigenvalue weighted by Crippen LogP contribution is 2.16. The van der Waals surface area contributed by atoms with E-state index in [2.05, 4.69) is 15.3 Å². The summed E-state index contributed by atoms with van der Waals surface area (Å²) in [7, 11) is 0. The Labute approximate surface area is 105 Å². The van der Waals surface area contributed by atoms with E-state index in [0.717, 1.165) is 6.54 Å². The zero-order valence-corrected chi connectivity index (χ0v) is 10.6. The predicted octanol–water partition coefficient (Wildman–Crippen LogP) is 0.380. The van der Waals surface area contributed by atoms with Gasteiger partial charge in [-0.15, -0.1) is 0 Å². The minimum absolute atomic E-state index is 0.180. The van der Waals surface area contributed by atoms with E-state index in [1.165, 1.54) is 30.4 Å². The van der Waals surface area contributed by atoms with Gasteiger partial charge in [-0.3, -0.25) is 4.79 Å². The first-order valence-electron chi connectivity index (χ1n) is 5.91. The number of hydrogen-bond acceptors (Lipinski definition) is 5. The first kappa shape index (κ1) is 12.4. The van der Waals surface area contributed by atoms with Gasteiger partial charge in [0.1, 0.15) is 11.6 Å².